The third kappa shape index (κ3) is 6.71. The molecule has 2 amide bonds. The molecule has 292 valence electrons. The molecule has 2 bridgehead atoms. The van der Waals surface area contributed by atoms with Crippen molar-refractivity contribution in [1.29, 1.82) is 0 Å². The molecular formula is C42H49ClN4O7S. The quantitative estimate of drug-likeness (QED) is 0.292. The number of aliphatic hydroxyl groups excluding tert-OH is 1. The van der Waals surface area contributed by atoms with Gasteiger partial charge in [0.1, 0.15) is 21.3 Å². The minimum absolute atomic E-state index is 0.0894. The number of aromatic nitrogens is 1. The van der Waals surface area contributed by atoms with Gasteiger partial charge in [-0.1, -0.05) is 36.7 Å². The van der Waals surface area contributed by atoms with Gasteiger partial charge in [-0.05, 0) is 111 Å². The lowest BCUT2D eigenvalue weighted by Crippen LogP contribution is -2.56. The molecule has 2 spiro atoms. The number of ether oxygens (including phenoxy) is 3. The summed E-state index contributed by atoms with van der Waals surface area (Å²) in [6.45, 7) is 7.42. The number of aliphatic hydroxyl groups is 1. The Morgan fingerprint density at radius 1 is 1.09 bits per heavy atom. The van der Waals surface area contributed by atoms with Crippen molar-refractivity contribution in [3.63, 3.8) is 0 Å². The molecule has 7 unspecified atom stereocenters. The van der Waals surface area contributed by atoms with Gasteiger partial charge in [-0.15, -0.1) is 4.36 Å². The number of amides is 2. The van der Waals surface area contributed by atoms with Crippen LogP contribution in [0, 0.1) is 17.8 Å². The number of anilines is 1. The Hall–Kier alpha value is -3.68. The number of carbonyl (C=O) groups is 2. The summed E-state index contributed by atoms with van der Waals surface area (Å²) in [6.07, 6.45) is 10.2. The second-order valence-corrected chi connectivity index (χ2v) is 19.5. The van der Waals surface area contributed by atoms with Crippen molar-refractivity contribution in [1.82, 2.24) is 9.29 Å². The summed E-state index contributed by atoms with van der Waals surface area (Å²) < 4.78 is 42.2. The number of benzene rings is 2. The van der Waals surface area contributed by atoms with Gasteiger partial charge in [0.25, 0.3) is 11.8 Å². The zero-order valence-electron chi connectivity index (χ0n) is 31.4. The molecule has 13 heteroatoms. The minimum atomic E-state index is -3.67. The van der Waals surface area contributed by atoms with E-state index in [1.54, 1.807) is 31.3 Å². The topological polar surface area (TPSA) is 132 Å². The van der Waals surface area contributed by atoms with Crippen LogP contribution in [0.5, 0.6) is 5.75 Å². The standard InChI is InChI=1S/C42H49ClN4O7S/c1-26-5-3-7-37(48)34-11-8-30(34)18-47-21-41(14-4-6-28-15-32(43)10-12-35(28)41)23-53-38-13-9-29(17-36(38)47)39(49)44-55(51,27(26)2)45-40(50)31-16-33-20-54-42(24-52-25-42)22-46(33)19-31/h3,7,9-10,12-13,15-17,19,26-27,30,34,37,48H,4-6,8,11,14,18,20-25H2,1-2H3,(H,44,45,49,50,51)/b7-3+. The Bertz CT molecular complexity index is 2190. The van der Waals surface area contributed by atoms with Crippen LogP contribution in [0.25, 0.3) is 0 Å². The van der Waals surface area contributed by atoms with Crippen LogP contribution in [0.15, 0.2) is 65.2 Å². The number of halogens is 1. The van der Waals surface area contributed by atoms with Crippen molar-refractivity contribution in [2.75, 3.05) is 37.8 Å². The van der Waals surface area contributed by atoms with Crippen molar-refractivity contribution < 1.29 is 33.1 Å². The van der Waals surface area contributed by atoms with E-state index in [0.717, 1.165) is 48.5 Å². The first kappa shape index (κ1) is 36.9. The molecule has 2 aromatic carbocycles. The predicted molar refractivity (Wildman–Crippen MR) is 210 cm³/mol. The number of nitrogens with one attached hydrogen (secondary N) is 1. The molecule has 1 saturated carbocycles. The third-order valence-electron chi connectivity index (χ3n) is 13.2. The van der Waals surface area contributed by atoms with Gasteiger partial charge in [0, 0.05) is 41.0 Å². The van der Waals surface area contributed by atoms with Gasteiger partial charge in [-0.3, -0.25) is 14.3 Å². The van der Waals surface area contributed by atoms with Crippen LogP contribution < -0.4 is 14.4 Å². The van der Waals surface area contributed by atoms with Crippen molar-refractivity contribution in [3.05, 3.63) is 93.8 Å². The molecular weight excluding hydrogens is 740 g/mol. The normalized spacial score (nSPS) is 33.1. The Labute approximate surface area is 327 Å². The number of allylic oxidation sites excluding steroid dienone is 1. The van der Waals surface area contributed by atoms with E-state index in [4.69, 9.17) is 25.8 Å². The van der Waals surface area contributed by atoms with Crippen LogP contribution in [0.2, 0.25) is 5.02 Å². The van der Waals surface area contributed by atoms with Gasteiger partial charge in [-0.25, -0.2) is 4.21 Å². The monoisotopic (exact) mass is 788 g/mol. The second kappa shape index (κ2) is 14.1. The summed E-state index contributed by atoms with van der Waals surface area (Å²) >= 11 is 6.46. The van der Waals surface area contributed by atoms with Crippen molar-refractivity contribution >= 4 is 39.0 Å². The molecule has 55 heavy (non-hydrogen) atoms. The first-order chi connectivity index (χ1) is 26.4. The molecule has 2 fully saturated rings. The van der Waals surface area contributed by atoms with Gasteiger partial charge in [0.05, 0.1) is 55.6 Å². The van der Waals surface area contributed by atoms with Gasteiger partial charge in [0.15, 0.2) is 0 Å². The Morgan fingerprint density at radius 3 is 2.73 bits per heavy atom. The highest BCUT2D eigenvalue weighted by Crippen LogP contribution is 2.47. The highest BCUT2D eigenvalue weighted by Gasteiger charge is 2.45. The van der Waals surface area contributed by atoms with Crippen molar-refractivity contribution in [2.45, 2.75) is 87.9 Å². The summed E-state index contributed by atoms with van der Waals surface area (Å²) in [7, 11) is -3.67. The Kier molecular flexibility index (Phi) is 9.44. The molecule has 11 nitrogen and oxygen atoms in total. The van der Waals surface area contributed by atoms with Crippen molar-refractivity contribution in [2.24, 2.45) is 22.1 Å². The molecule has 1 aromatic heterocycles. The van der Waals surface area contributed by atoms with Gasteiger partial charge < -0.3 is 28.8 Å². The van der Waals surface area contributed by atoms with Crippen LogP contribution in [-0.4, -0.2) is 75.6 Å². The molecule has 2 N–H and O–H groups in total. The van der Waals surface area contributed by atoms with E-state index in [1.165, 1.54) is 11.1 Å². The van der Waals surface area contributed by atoms with Crippen LogP contribution in [0.4, 0.5) is 5.69 Å². The van der Waals surface area contributed by atoms with Crippen LogP contribution in [0.3, 0.4) is 0 Å². The summed E-state index contributed by atoms with van der Waals surface area (Å²) in [6, 6.07) is 13.2. The fraction of sp³-hybridized carbons (Fsp3) is 0.524. The van der Waals surface area contributed by atoms with Crippen LogP contribution in [-0.2, 0) is 44.4 Å². The van der Waals surface area contributed by atoms with E-state index in [-0.39, 0.29) is 34.3 Å². The SMILES string of the molecule is CC1C/C=C/C(O)C2CCC2CN2CC3(CCCc4cc(Cl)ccc43)COc3ccc(cc32)C(=O)N=S(=O)(NC(=O)c2cc3n(c2)CC2(COC2)OC3)C1C. The number of nitrogens with zero attached hydrogens (tertiary/aromatic N) is 3. The number of fused-ring (bicyclic) bond motifs is 5. The van der Waals surface area contributed by atoms with Crippen LogP contribution >= 0.6 is 11.6 Å². The van der Waals surface area contributed by atoms with E-state index < -0.39 is 33.1 Å². The highest BCUT2D eigenvalue weighted by molar-refractivity contribution is 7.93. The van der Waals surface area contributed by atoms with E-state index >= 15 is 4.21 Å². The van der Waals surface area contributed by atoms with Crippen molar-refractivity contribution in [3.8, 4) is 5.75 Å². The molecule has 5 heterocycles. The fourth-order valence-electron chi connectivity index (χ4n) is 9.48. The summed E-state index contributed by atoms with van der Waals surface area (Å²) in [5, 5.41) is 11.5. The lowest BCUT2D eigenvalue weighted by molar-refractivity contribution is -0.232. The van der Waals surface area contributed by atoms with Gasteiger partial charge in [-0.2, -0.15) is 0 Å². The van der Waals surface area contributed by atoms with Gasteiger partial charge >= 0.3 is 0 Å². The minimum Gasteiger partial charge on any atom is -0.490 e. The van der Waals surface area contributed by atoms with Crippen LogP contribution in [0.1, 0.15) is 83.5 Å². The molecule has 4 aliphatic heterocycles. The fourth-order valence-corrected chi connectivity index (χ4v) is 11.6. The molecule has 2 aliphatic carbocycles. The lowest BCUT2D eigenvalue weighted by atomic mass is 9.68. The molecule has 7 atom stereocenters. The largest absolute Gasteiger partial charge is 0.490 e. The number of aryl methyl sites for hydroxylation is 1. The average molecular weight is 789 g/mol. The molecule has 6 aliphatic rings. The number of hydrogen-bond donors (Lipinski definition) is 2. The second-order valence-electron chi connectivity index (χ2n) is 16.8. The zero-order chi connectivity index (χ0) is 38.1. The lowest BCUT2D eigenvalue weighted by Gasteiger charge is -2.45. The molecule has 1 saturated heterocycles. The average Bonchev–Trinajstić information content (AvgIpc) is 3.51. The Morgan fingerprint density at radius 2 is 1.95 bits per heavy atom. The highest BCUT2D eigenvalue weighted by atomic mass is 35.5. The molecule has 9 rings (SSSR count). The first-order valence-electron chi connectivity index (χ1n) is 19.6. The van der Waals surface area contributed by atoms with E-state index in [9.17, 15) is 14.7 Å². The van der Waals surface area contributed by atoms with E-state index in [2.05, 4.69) is 26.1 Å². The molecule has 3 aromatic rings. The van der Waals surface area contributed by atoms with Gasteiger partial charge in [0.2, 0.25) is 0 Å². The summed E-state index contributed by atoms with van der Waals surface area (Å²) in [5.74, 6) is -0.477. The van der Waals surface area contributed by atoms with E-state index in [0.29, 0.717) is 63.8 Å². The summed E-state index contributed by atoms with van der Waals surface area (Å²) in [4.78, 5) is 30.5. The number of carbonyl (C=O) groups excluding carboxylic acids is 2. The molecule has 0 radical (unpaired) electrons. The number of hydrogen-bond acceptors (Lipinski definition) is 8. The Balaban J connectivity index is 1.09. The smallest absolute Gasteiger partial charge is 0.286 e. The maximum absolute atomic E-state index is 15.0. The summed E-state index contributed by atoms with van der Waals surface area (Å²) in [5.41, 5.74) is 4.00. The maximum atomic E-state index is 15.0. The third-order valence-corrected chi connectivity index (χ3v) is 15.8. The maximum Gasteiger partial charge on any atom is 0.286 e. The first-order valence-corrected chi connectivity index (χ1v) is 21.6. The zero-order valence-corrected chi connectivity index (χ0v) is 32.9. The van der Waals surface area contributed by atoms with E-state index in [1.807, 2.05) is 35.8 Å². The predicted octanol–water partition coefficient (Wildman–Crippen LogP) is 6.24. The number of rotatable bonds is 2.